The molecule has 0 amide bonds. The molecule has 1 fully saturated rings. The summed E-state index contributed by atoms with van der Waals surface area (Å²) in [5.74, 6) is -0.457. The molecular formula is C16H14BrFN6O2. The molecule has 1 aliphatic rings. The lowest BCUT2D eigenvalue weighted by atomic mass is 10.2. The molecule has 0 aliphatic carbocycles. The molecule has 0 radical (unpaired) electrons. The van der Waals surface area contributed by atoms with Crippen LogP contribution in [-0.2, 0) is 4.74 Å². The lowest BCUT2D eigenvalue weighted by Crippen LogP contribution is -2.37. The maximum absolute atomic E-state index is 14.1. The van der Waals surface area contributed by atoms with Crippen LogP contribution < -0.4 is 4.90 Å². The van der Waals surface area contributed by atoms with Gasteiger partial charge in [0.25, 0.3) is 5.95 Å². The summed E-state index contributed by atoms with van der Waals surface area (Å²) in [5.41, 5.74) is 0.982. The largest absolute Gasteiger partial charge is 0.493 e. The van der Waals surface area contributed by atoms with E-state index in [0.717, 1.165) is 10.7 Å². The second-order valence-electron chi connectivity index (χ2n) is 5.65. The lowest BCUT2D eigenvalue weighted by molar-refractivity contribution is 0.122. The van der Waals surface area contributed by atoms with Gasteiger partial charge in [-0.15, -0.1) is 10.2 Å². The molecule has 2 N–H and O–H groups in total. The number of halogens is 2. The number of azo groups is 1. The minimum absolute atomic E-state index is 0.0108. The highest BCUT2D eigenvalue weighted by atomic mass is 79.9. The Morgan fingerprint density at radius 3 is 2.88 bits per heavy atom. The molecule has 10 heteroatoms. The van der Waals surface area contributed by atoms with Gasteiger partial charge in [0.05, 0.1) is 24.9 Å². The fraction of sp³-hybridized carbons (Fsp3) is 0.250. The first-order valence-corrected chi connectivity index (χ1v) is 8.68. The second kappa shape index (κ2) is 6.96. The van der Waals surface area contributed by atoms with Gasteiger partial charge in [-0.3, -0.25) is 0 Å². The van der Waals surface area contributed by atoms with Crippen LogP contribution in [0.1, 0.15) is 0 Å². The average molecular weight is 421 g/mol. The minimum atomic E-state index is -0.523. The van der Waals surface area contributed by atoms with Gasteiger partial charge in [0.1, 0.15) is 0 Å². The molecule has 134 valence electrons. The van der Waals surface area contributed by atoms with Crippen LogP contribution in [0.25, 0.3) is 10.9 Å². The van der Waals surface area contributed by atoms with E-state index in [1.54, 1.807) is 4.90 Å². The van der Waals surface area contributed by atoms with Crippen LogP contribution in [0.4, 0.5) is 21.8 Å². The van der Waals surface area contributed by atoms with Crippen molar-refractivity contribution >= 4 is 44.3 Å². The van der Waals surface area contributed by atoms with Gasteiger partial charge in [0, 0.05) is 22.9 Å². The summed E-state index contributed by atoms with van der Waals surface area (Å²) in [4.78, 5) is 12.6. The summed E-state index contributed by atoms with van der Waals surface area (Å²) in [6.07, 6.45) is 1.07. The Bertz CT molecular complexity index is 986. The molecule has 1 aliphatic heterocycles. The molecule has 0 unspecified atom stereocenters. The number of hydrogen-bond acceptors (Lipinski definition) is 7. The summed E-state index contributed by atoms with van der Waals surface area (Å²) in [5, 5.41) is 18.8. The molecule has 8 nitrogen and oxygen atoms in total. The third kappa shape index (κ3) is 3.25. The lowest BCUT2D eigenvalue weighted by Gasteiger charge is -2.27. The standard InChI is InChI=1S/C16H14BrFN6O2/c17-9-1-2-12-10(7-9)13(15(25)20-12)22-23-16-19-8-11(18)14(21-16)24-3-5-26-6-4-24/h1-2,7-8,20,25H,3-6H2. The zero-order valence-electron chi connectivity index (χ0n) is 13.5. The first-order chi connectivity index (χ1) is 12.6. The number of H-pyrrole nitrogens is 1. The predicted molar refractivity (Wildman–Crippen MR) is 96.9 cm³/mol. The fourth-order valence-corrected chi connectivity index (χ4v) is 3.09. The number of aromatic hydroxyl groups is 1. The van der Waals surface area contributed by atoms with E-state index >= 15 is 0 Å². The van der Waals surface area contributed by atoms with E-state index in [9.17, 15) is 9.50 Å². The van der Waals surface area contributed by atoms with Crippen LogP contribution >= 0.6 is 15.9 Å². The Hall–Kier alpha value is -2.59. The Balaban J connectivity index is 1.67. The van der Waals surface area contributed by atoms with Crippen LogP contribution in [-0.4, -0.2) is 46.4 Å². The Morgan fingerprint density at radius 2 is 2.08 bits per heavy atom. The van der Waals surface area contributed by atoms with E-state index in [4.69, 9.17) is 4.74 Å². The van der Waals surface area contributed by atoms with Crippen molar-refractivity contribution in [1.82, 2.24) is 15.0 Å². The van der Waals surface area contributed by atoms with Gasteiger partial charge in [-0.2, -0.15) is 4.98 Å². The Morgan fingerprint density at radius 1 is 1.27 bits per heavy atom. The molecule has 0 atom stereocenters. The van der Waals surface area contributed by atoms with Gasteiger partial charge < -0.3 is 19.7 Å². The monoisotopic (exact) mass is 420 g/mol. The Labute approximate surface area is 155 Å². The van der Waals surface area contributed by atoms with Gasteiger partial charge in [0.2, 0.25) is 5.88 Å². The number of anilines is 1. The van der Waals surface area contributed by atoms with Crippen LogP contribution in [0.5, 0.6) is 5.88 Å². The highest BCUT2D eigenvalue weighted by Gasteiger charge is 2.18. The van der Waals surface area contributed by atoms with Crippen molar-refractivity contribution in [2.24, 2.45) is 10.2 Å². The minimum Gasteiger partial charge on any atom is -0.493 e. The van der Waals surface area contributed by atoms with Gasteiger partial charge in [-0.05, 0) is 18.2 Å². The molecular weight excluding hydrogens is 407 g/mol. The molecule has 26 heavy (non-hydrogen) atoms. The average Bonchev–Trinajstić information content (AvgIpc) is 2.96. The van der Waals surface area contributed by atoms with Crippen molar-refractivity contribution in [3.8, 4) is 5.88 Å². The third-order valence-electron chi connectivity index (χ3n) is 3.98. The van der Waals surface area contributed by atoms with Gasteiger partial charge >= 0.3 is 0 Å². The van der Waals surface area contributed by atoms with Crippen LogP contribution in [0.3, 0.4) is 0 Å². The summed E-state index contributed by atoms with van der Waals surface area (Å²) in [6, 6.07) is 5.46. The smallest absolute Gasteiger partial charge is 0.271 e. The number of morpholine rings is 1. The van der Waals surface area contributed by atoms with Gasteiger partial charge in [-0.25, -0.2) is 9.37 Å². The predicted octanol–water partition coefficient (Wildman–Crippen LogP) is 3.82. The number of aromatic amines is 1. The molecule has 0 spiro atoms. The fourth-order valence-electron chi connectivity index (χ4n) is 2.73. The molecule has 1 saturated heterocycles. The normalized spacial score (nSPS) is 15.2. The molecule has 3 aromatic rings. The number of benzene rings is 1. The number of hydrogen-bond donors (Lipinski definition) is 2. The number of ether oxygens (including phenoxy) is 1. The van der Waals surface area contributed by atoms with Crippen molar-refractivity contribution in [3.05, 3.63) is 34.7 Å². The van der Waals surface area contributed by atoms with Gasteiger partial charge in [0.15, 0.2) is 17.3 Å². The second-order valence-corrected chi connectivity index (χ2v) is 6.57. The number of fused-ring (bicyclic) bond motifs is 1. The molecule has 3 heterocycles. The summed E-state index contributed by atoms with van der Waals surface area (Å²) in [7, 11) is 0. The first-order valence-electron chi connectivity index (χ1n) is 7.89. The zero-order valence-corrected chi connectivity index (χ0v) is 15.1. The van der Waals surface area contributed by atoms with Crippen molar-refractivity contribution in [1.29, 1.82) is 0 Å². The molecule has 4 rings (SSSR count). The van der Waals surface area contributed by atoms with E-state index in [1.165, 1.54) is 0 Å². The number of rotatable bonds is 3. The maximum atomic E-state index is 14.1. The van der Waals surface area contributed by atoms with Gasteiger partial charge in [-0.1, -0.05) is 15.9 Å². The van der Waals surface area contributed by atoms with E-state index in [2.05, 4.69) is 41.1 Å². The molecule has 2 aromatic heterocycles. The maximum Gasteiger partial charge on any atom is 0.271 e. The number of aromatic nitrogens is 3. The molecule has 0 bridgehead atoms. The number of nitrogens with one attached hydrogen (secondary N) is 1. The van der Waals surface area contributed by atoms with E-state index in [0.29, 0.717) is 37.2 Å². The van der Waals surface area contributed by atoms with E-state index in [1.807, 2.05) is 18.2 Å². The summed E-state index contributed by atoms with van der Waals surface area (Å²) >= 11 is 3.38. The van der Waals surface area contributed by atoms with Crippen molar-refractivity contribution in [2.75, 3.05) is 31.2 Å². The SMILES string of the molecule is Oc1[nH]c2ccc(Br)cc2c1N=Nc1ncc(F)c(N2CCOCC2)n1. The van der Waals surface area contributed by atoms with E-state index < -0.39 is 5.82 Å². The van der Waals surface area contributed by atoms with Crippen LogP contribution in [0, 0.1) is 5.82 Å². The highest BCUT2D eigenvalue weighted by Crippen LogP contribution is 2.37. The number of nitrogens with zero attached hydrogens (tertiary/aromatic N) is 5. The van der Waals surface area contributed by atoms with Crippen molar-refractivity contribution < 1.29 is 14.2 Å². The highest BCUT2D eigenvalue weighted by molar-refractivity contribution is 9.10. The van der Waals surface area contributed by atoms with Crippen LogP contribution in [0.2, 0.25) is 0 Å². The van der Waals surface area contributed by atoms with Crippen molar-refractivity contribution in [2.45, 2.75) is 0 Å². The molecule has 1 aromatic carbocycles. The summed E-state index contributed by atoms with van der Waals surface area (Å²) < 4.78 is 20.2. The first kappa shape index (κ1) is 16.9. The summed E-state index contributed by atoms with van der Waals surface area (Å²) in [6.45, 7) is 2.11. The van der Waals surface area contributed by atoms with Crippen LogP contribution in [0.15, 0.2) is 39.1 Å². The third-order valence-corrected chi connectivity index (χ3v) is 4.47. The topological polar surface area (TPSA) is 99.0 Å². The Kier molecular flexibility index (Phi) is 4.51. The zero-order chi connectivity index (χ0) is 18.1. The van der Waals surface area contributed by atoms with Crippen molar-refractivity contribution in [3.63, 3.8) is 0 Å². The van der Waals surface area contributed by atoms with E-state index in [-0.39, 0.29) is 23.3 Å². The molecule has 0 saturated carbocycles. The quantitative estimate of drug-likeness (QED) is 0.627.